The molecule has 2 fully saturated rings. The van der Waals surface area contributed by atoms with Crippen LogP contribution in [0.2, 0.25) is 0 Å². The second-order valence-corrected chi connectivity index (χ2v) is 9.60. The van der Waals surface area contributed by atoms with Gasteiger partial charge in [0.25, 0.3) is 0 Å². The van der Waals surface area contributed by atoms with Crippen LogP contribution in [0.4, 0.5) is 5.82 Å². The number of imidazole rings is 1. The first-order valence-electron chi connectivity index (χ1n) is 9.71. The molecular formula is C19H21N7O3S. The van der Waals surface area contributed by atoms with Gasteiger partial charge in [-0.2, -0.15) is 9.40 Å². The summed E-state index contributed by atoms with van der Waals surface area (Å²) in [5.74, 6) is 0.110. The minimum atomic E-state index is -3.82. The van der Waals surface area contributed by atoms with Crippen LogP contribution in [0.1, 0.15) is 18.4 Å². The minimum absolute atomic E-state index is 0.124. The lowest BCUT2D eigenvalue weighted by Crippen LogP contribution is -2.52. The molecule has 11 heteroatoms. The molecule has 1 saturated heterocycles. The number of hydrogen-bond donors (Lipinski definition) is 1. The number of nitrogen functional groups attached to an aromatic ring is 1. The second-order valence-electron chi connectivity index (χ2n) is 7.66. The topological polar surface area (TPSA) is 127 Å². The van der Waals surface area contributed by atoms with Crippen molar-refractivity contribution in [1.29, 1.82) is 0 Å². The molecule has 30 heavy (non-hydrogen) atoms. The summed E-state index contributed by atoms with van der Waals surface area (Å²) in [6, 6.07) is 5.20. The molecule has 0 spiro atoms. The molecule has 0 atom stereocenters. The van der Waals surface area contributed by atoms with Crippen molar-refractivity contribution in [2.24, 2.45) is 0 Å². The number of hydrogen-bond acceptors (Lipinski definition) is 7. The molecule has 5 rings (SSSR count). The molecular weight excluding hydrogens is 406 g/mol. The van der Waals surface area contributed by atoms with Crippen molar-refractivity contribution in [3.05, 3.63) is 36.3 Å². The lowest BCUT2D eigenvalue weighted by atomic mass is 10.1. The zero-order valence-electron chi connectivity index (χ0n) is 16.4. The van der Waals surface area contributed by atoms with E-state index < -0.39 is 10.0 Å². The van der Waals surface area contributed by atoms with Crippen LogP contribution in [0.3, 0.4) is 0 Å². The van der Waals surface area contributed by atoms with Crippen molar-refractivity contribution in [1.82, 2.24) is 28.8 Å². The Morgan fingerprint density at radius 2 is 1.97 bits per heavy atom. The van der Waals surface area contributed by atoms with Gasteiger partial charge in [-0.1, -0.05) is 6.07 Å². The summed E-state index contributed by atoms with van der Waals surface area (Å²) >= 11 is 0. The molecule has 0 unspecified atom stereocenters. The quantitative estimate of drug-likeness (QED) is 0.648. The normalized spacial score (nSPS) is 18.3. The number of nitrogens with two attached hydrogens (primary N) is 1. The molecule has 2 aliphatic rings. The molecule has 3 aromatic rings. The van der Waals surface area contributed by atoms with Crippen LogP contribution in [-0.4, -0.2) is 68.8 Å². The summed E-state index contributed by atoms with van der Waals surface area (Å²) in [4.78, 5) is 22.6. The Hall–Kier alpha value is -3.05. The highest BCUT2D eigenvalue weighted by Crippen LogP contribution is 2.31. The lowest BCUT2D eigenvalue weighted by molar-refractivity contribution is -0.134. The van der Waals surface area contributed by atoms with Gasteiger partial charge in [0, 0.05) is 24.7 Å². The molecule has 10 nitrogen and oxygen atoms in total. The smallest absolute Gasteiger partial charge is 0.243 e. The minimum Gasteiger partial charge on any atom is -0.381 e. The molecule has 156 valence electrons. The average molecular weight is 427 g/mol. The number of carbonyl (C=O) groups is 1. The zero-order valence-corrected chi connectivity index (χ0v) is 17.2. The van der Waals surface area contributed by atoms with E-state index in [2.05, 4.69) is 15.1 Å². The van der Waals surface area contributed by atoms with E-state index in [1.54, 1.807) is 33.8 Å². The van der Waals surface area contributed by atoms with Crippen LogP contribution in [0.5, 0.6) is 0 Å². The predicted octanol–water partition coefficient (Wildman–Crippen LogP) is 0.677. The van der Waals surface area contributed by atoms with E-state index in [-0.39, 0.29) is 29.2 Å². The van der Waals surface area contributed by atoms with Crippen LogP contribution in [0.25, 0.3) is 16.9 Å². The Morgan fingerprint density at radius 3 is 2.70 bits per heavy atom. The Morgan fingerprint density at radius 1 is 1.17 bits per heavy atom. The van der Waals surface area contributed by atoms with Gasteiger partial charge in [-0.05, 0) is 37.5 Å². The van der Waals surface area contributed by atoms with Gasteiger partial charge in [-0.25, -0.2) is 22.9 Å². The number of anilines is 1. The standard InChI is InChI=1S/C19H21N7O3S/c1-12-2-5-14(8-15(12)16-9-21-19-18(20)22-11-23-26(16)19)30(28,29)24-6-7-25(13-3-4-13)17(27)10-24/h2,5,8-9,11,13H,3-4,6-7,10H2,1H3,(H2,20,22,23). The number of piperazine rings is 1. The second kappa shape index (κ2) is 6.74. The van der Waals surface area contributed by atoms with Crippen LogP contribution in [0.15, 0.2) is 35.6 Å². The number of fused-ring (bicyclic) bond motifs is 1. The Balaban J connectivity index is 1.51. The first-order chi connectivity index (χ1) is 14.4. The highest BCUT2D eigenvalue weighted by molar-refractivity contribution is 7.89. The van der Waals surface area contributed by atoms with Crippen molar-refractivity contribution in [2.45, 2.75) is 30.7 Å². The molecule has 1 aromatic carbocycles. The summed E-state index contributed by atoms with van der Waals surface area (Å²) < 4.78 is 29.3. The number of benzene rings is 1. The Labute approximate surface area is 173 Å². The van der Waals surface area contributed by atoms with Crippen molar-refractivity contribution < 1.29 is 13.2 Å². The fourth-order valence-electron chi connectivity index (χ4n) is 3.85. The highest BCUT2D eigenvalue weighted by Gasteiger charge is 2.39. The summed E-state index contributed by atoms with van der Waals surface area (Å²) in [6.07, 6.45) is 4.94. The van der Waals surface area contributed by atoms with E-state index in [0.29, 0.717) is 30.0 Å². The largest absolute Gasteiger partial charge is 0.381 e. The van der Waals surface area contributed by atoms with E-state index in [0.717, 1.165) is 18.4 Å². The van der Waals surface area contributed by atoms with Crippen molar-refractivity contribution >= 4 is 27.4 Å². The number of aryl methyl sites for hydroxylation is 1. The zero-order chi connectivity index (χ0) is 21.0. The molecule has 1 aliphatic heterocycles. The van der Waals surface area contributed by atoms with E-state index in [4.69, 9.17) is 5.73 Å². The first-order valence-corrected chi connectivity index (χ1v) is 11.1. The fourth-order valence-corrected chi connectivity index (χ4v) is 5.25. The average Bonchev–Trinajstić information content (AvgIpc) is 3.47. The molecule has 1 aliphatic carbocycles. The Kier molecular flexibility index (Phi) is 4.26. The fraction of sp³-hybridized carbons (Fsp3) is 0.368. The molecule has 3 heterocycles. The van der Waals surface area contributed by atoms with Crippen molar-refractivity contribution in [2.75, 3.05) is 25.4 Å². The van der Waals surface area contributed by atoms with Gasteiger partial charge in [-0.15, -0.1) is 0 Å². The van der Waals surface area contributed by atoms with Gasteiger partial charge < -0.3 is 10.6 Å². The Bertz CT molecular complexity index is 1270. The van der Waals surface area contributed by atoms with Gasteiger partial charge in [0.2, 0.25) is 15.9 Å². The van der Waals surface area contributed by atoms with Gasteiger partial charge in [0.15, 0.2) is 11.5 Å². The third-order valence-electron chi connectivity index (χ3n) is 5.66. The number of carbonyl (C=O) groups excluding carboxylic acids is 1. The predicted molar refractivity (Wildman–Crippen MR) is 109 cm³/mol. The maximum Gasteiger partial charge on any atom is 0.243 e. The maximum atomic E-state index is 13.3. The number of amides is 1. The molecule has 1 amide bonds. The maximum absolute atomic E-state index is 13.3. The summed E-state index contributed by atoms with van der Waals surface area (Å²) in [7, 11) is -3.82. The van der Waals surface area contributed by atoms with E-state index in [1.807, 2.05) is 6.92 Å². The summed E-state index contributed by atoms with van der Waals surface area (Å²) in [5.41, 5.74) is 8.41. The van der Waals surface area contributed by atoms with Crippen LogP contribution < -0.4 is 5.73 Å². The molecule has 0 radical (unpaired) electrons. The third-order valence-corrected chi connectivity index (χ3v) is 7.50. The molecule has 0 bridgehead atoms. The number of rotatable bonds is 4. The SMILES string of the molecule is Cc1ccc(S(=O)(=O)N2CCN(C3CC3)C(=O)C2)cc1-c1cnc2c(N)ncnn12. The van der Waals surface area contributed by atoms with Crippen LogP contribution in [0, 0.1) is 6.92 Å². The van der Waals surface area contributed by atoms with Gasteiger partial charge in [0.05, 0.1) is 23.3 Å². The van der Waals surface area contributed by atoms with Crippen LogP contribution in [-0.2, 0) is 14.8 Å². The number of sulfonamides is 1. The molecule has 1 saturated carbocycles. The summed E-state index contributed by atoms with van der Waals surface area (Å²) in [5, 5.41) is 4.19. The van der Waals surface area contributed by atoms with Gasteiger partial charge in [0.1, 0.15) is 6.33 Å². The first kappa shape index (κ1) is 18.9. The van der Waals surface area contributed by atoms with E-state index >= 15 is 0 Å². The monoisotopic (exact) mass is 427 g/mol. The van der Waals surface area contributed by atoms with Crippen molar-refractivity contribution in [3.8, 4) is 11.3 Å². The third kappa shape index (κ3) is 3.01. The molecule has 2 aromatic heterocycles. The highest BCUT2D eigenvalue weighted by atomic mass is 32.2. The van der Waals surface area contributed by atoms with Crippen molar-refractivity contribution in [3.63, 3.8) is 0 Å². The van der Waals surface area contributed by atoms with E-state index in [1.165, 1.54) is 10.6 Å². The number of aromatic nitrogens is 4. The van der Waals surface area contributed by atoms with Gasteiger partial charge in [-0.3, -0.25) is 4.79 Å². The van der Waals surface area contributed by atoms with E-state index in [9.17, 15) is 13.2 Å². The summed E-state index contributed by atoms with van der Waals surface area (Å²) in [6.45, 7) is 2.49. The van der Waals surface area contributed by atoms with Gasteiger partial charge >= 0.3 is 0 Å². The molecule has 2 N–H and O–H groups in total. The lowest BCUT2D eigenvalue weighted by Gasteiger charge is -2.33. The van der Waals surface area contributed by atoms with Crippen LogP contribution >= 0.6 is 0 Å². The number of nitrogens with zero attached hydrogens (tertiary/aromatic N) is 6.